The predicted octanol–water partition coefficient (Wildman–Crippen LogP) is 3.92. The number of allylic oxidation sites excluding steroid dienone is 2. The van der Waals surface area contributed by atoms with E-state index in [0.717, 1.165) is 10.8 Å². The van der Waals surface area contributed by atoms with Crippen LogP contribution >= 0.6 is 0 Å². The highest BCUT2D eigenvalue weighted by molar-refractivity contribution is 5.05. The van der Waals surface area contributed by atoms with Crippen LogP contribution in [0.3, 0.4) is 0 Å². The highest BCUT2D eigenvalue weighted by Crippen LogP contribution is 2.62. The average molecular weight is 164 g/mol. The predicted molar refractivity (Wildman–Crippen MR) is 53.1 cm³/mol. The molecule has 0 amide bonds. The van der Waals surface area contributed by atoms with Gasteiger partial charge in [-0.15, -0.1) is 0 Å². The van der Waals surface area contributed by atoms with Gasteiger partial charge in [0.05, 0.1) is 0 Å². The maximum Gasteiger partial charge on any atom is -0.0257 e. The van der Waals surface area contributed by atoms with Gasteiger partial charge in [-0.1, -0.05) is 19.1 Å². The first kappa shape index (κ1) is 8.34. The topological polar surface area (TPSA) is 0 Å². The molecule has 2 bridgehead atoms. The number of fused-ring (bicyclic) bond motifs is 2. The summed E-state index contributed by atoms with van der Waals surface area (Å²) in [5.74, 6) is 0. The first-order valence-electron chi connectivity index (χ1n) is 5.29. The monoisotopic (exact) mass is 164 g/mol. The first-order valence-corrected chi connectivity index (χ1v) is 5.29. The molecule has 0 radical (unpaired) electrons. The Balaban J connectivity index is 2.05. The Labute approximate surface area is 76.1 Å². The van der Waals surface area contributed by atoms with Gasteiger partial charge in [-0.05, 0) is 56.3 Å². The summed E-state index contributed by atoms with van der Waals surface area (Å²) in [6, 6.07) is 0. The van der Waals surface area contributed by atoms with E-state index in [1.165, 1.54) is 38.5 Å². The van der Waals surface area contributed by atoms with E-state index in [2.05, 4.69) is 26.0 Å². The van der Waals surface area contributed by atoms with Gasteiger partial charge in [0.2, 0.25) is 0 Å². The molecule has 0 N–H and O–H groups in total. The molecule has 0 aromatic carbocycles. The van der Waals surface area contributed by atoms with E-state index in [0.29, 0.717) is 0 Å². The summed E-state index contributed by atoms with van der Waals surface area (Å²) in [5.41, 5.74) is 1.48. The van der Waals surface area contributed by atoms with Crippen molar-refractivity contribution in [1.29, 1.82) is 0 Å². The van der Waals surface area contributed by atoms with Crippen molar-refractivity contribution in [3.63, 3.8) is 0 Å². The molecule has 2 aliphatic rings. The second-order valence-corrected chi connectivity index (χ2v) is 5.26. The van der Waals surface area contributed by atoms with Crippen molar-refractivity contribution in [2.24, 2.45) is 10.8 Å². The molecule has 2 fully saturated rings. The van der Waals surface area contributed by atoms with Crippen molar-refractivity contribution in [3.05, 3.63) is 12.2 Å². The van der Waals surface area contributed by atoms with Crippen LogP contribution in [0, 0.1) is 10.8 Å². The van der Waals surface area contributed by atoms with Crippen LogP contribution in [-0.2, 0) is 0 Å². The smallest absolute Gasteiger partial charge is 0.0257 e. The van der Waals surface area contributed by atoms with Crippen LogP contribution < -0.4 is 0 Å². The molecule has 68 valence electrons. The summed E-state index contributed by atoms with van der Waals surface area (Å²) in [7, 11) is 0. The molecule has 0 saturated heterocycles. The van der Waals surface area contributed by atoms with Crippen LogP contribution in [0.5, 0.6) is 0 Å². The van der Waals surface area contributed by atoms with Crippen LogP contribution in [0.2, 0.25) is 0 Å². The lowest BCUT2D eigenvalue weighted by molar-refractivity contribution is 0.288. The Morgan fingerprint density at radius 2 is 1.83 bits per heavy atom. The van der Waals surface area contributed by atoms with Crippen LogP contribution in [0.25, 0.3) is 0 Å². The van der Waals surface area contributed by atoms with E-state index < -0.39 is 0 Å². The molecule has 2 rings (SSSR count). The minimum atomic E-state index is 0.737. The Morgan fingerprint density at radius 1 is 1.17 bits per heavy atom. The maximum absolute atomic E-state index is 2.48. The molecule has 2 aliphatic carbocycles. The highest BCUT2D eigenvalue weighted by Gasteiger charge is 2.50. The number of rotatable bonds is 2. The van der Waals surface area contributed by atoms with Gasteiger partial charge in [-0.25, -0.2) is 0 Å². The number of hydrogen-bond donors (Lipinski definition) is 0. The Morgan fingerprint density at radius 3 is 2.25 bits per heavy atom. The standard InChI is InChI=1S/C12H20/c1-3-4-5-12-8-6-11(2,10-12)7-9-12/h3-4H,5-10H2,1-2H3/b4-3-. The highest BCUT2D eigenvalue weighted by atomic mass is 14.5. The fourth-order valence-corrected chi connectivity index (χ4v) is 3.29. The van der Waals surface area contributed by atoms with Crippen LogP contribution in [-0.4, -0.2) is 0 Å². The first-order chi connectivity index (χ1) is 5.68. The molecule has 12 heavy (non-hydrogen) atoms. The van der Waals surface area contributed by atoms with Gasteiger partial charge in [0.1, 0.15) is 0 Å². The molecule has 0 heteroatoms. The molecular formula is C12H20. The van der Waals surface area contributed by atoms with Crippen molar-refractivity contribution in [2.75, 3.05) is 0 Å². The molecule has 0 spiro atoms. The molecular weight excluding hydrogens is 144 g/mol. The van der Waals surface area contributed by atoms with Gasteiger partial charge in [-0.2, -0.15) is 0 Å². The normalized spacial score (nSPS) is 46.2. The zero-order chi connectivity index (χ0) is 8.66. The number of hydrogen-bond acceptors (Lipinski definition) is 0. The van der Waals surface area contributed by atoms with Crippen LogP contribution in [0.15, 0.2) is 12.2 Å². The van der Waals surface area contributed by atoms with Crippen molar-refractivity contribution < 1.29 is 0 Å². The van der Waals surface area contributed by atoms with Crippen molar-refractivity contribution in [3.8, 4) is 0 Å². The third-order valence-corrected chi connectivity index (χ3v) is 4.11. The maximum atomic E-state index is 2.48. The van der Waals surface area contributed by atoms with Gasteiger partial charge in [0.25, 0.3) is 0 Å². The fourth-order valence-electron chi connectivity index (χ4n) is 3.29. The zero-order valence-corrected chi connectivity index (χ0v) is 8.40. The lowest BCUT2D eigenvalue weighted by Crippen LogP contribution is -2.12. The molecule has 0 unspecified atom stereocenters. The molecule has 0 atom stereocenters. The van der Waals surface area contributed by atoms with Gasteiger partial charge in [-0.3, -0.25) is 0 Å². The van der Waals surface area contributed by atoms with E-state index in [1.54, 1.807) is 0 Å². The van der Waals surface area contributed by atoms with Gasteiger partial charge in [0, 0.05) is 0 Å². The summed E-state index contributed by atoms with van der Waals surface area (Å²) in [6.45, 7) is 4.62. The summed E-state index contributed by atoms with van der Waals surface area (Å²) in [6.07, 6.45) is 13.4. The largest absolute Gasteiger partial charge is 0.0916 e. The van der Waals surface area contributed by atoms with Crippen molar-refractivity contribution >= 4 is 0 Å². The van der Waals surface area contributed by atoms with Gasteiger partial charge in [0.15, 0.2) is 0 Å². The van der Waals surface area contributed by atoms with Crippen LogP contribution in [0.1, 0.15) is 52.4 Å². The molecule has 2 saturated carbocycles. The fraction of sp³-hybridized carbons (Fsp3) is 0.833. The molecule has 0 heterocycles. The Hall–Kier alpha value is -0.260. The minimum absolute atomic E-state index is 0.737. The van der Waals surface area contributed by atoms with E-state index >= 15 is 0 Å². The van der Waals surface area contributed by atoms with Gasteiger partial charge < -0.3 is 0 Å². The Bertz CT molecular complexity index is 192. The third-order valence-electron chi connectivity index (χ3n) is 4.11. The minimum Gasteiger partial charge on any atom is -0.0916 e. The summed E-state index contributed by atoms with van der Waals surface area (Å²) in [5, 5.41) is 0. The third kappa shape index (κ3) is 1.22. The van der Waals surface area contributed by atoms with Crippen molar-refractivity contribution in [1.82, 2.24) is 0 Å². The van der Waals surface area contributed by atoms with E-state index in [1.807, 2.05) is 0 Å². The van der Waals surface area contributed by atoms with Crippen molar-refractivity contribution in [2.45, 2.75) is 52.4 Å². The molecule has 0 nitrogen and oxygen atoms in total. The van der Waals surface area contributed by atoms with E-state index in [4.69, 9.17) is 0 Å². The average Bonchev–Trinajstić information content (AvgIpc) is 2.55. The second-order valence-electron chi connectivity index (χ2n) is 5.26. The lowest BCUT2D eigenvalue weighted by atomic mass is 9.80. The SMILES string of the molecule is C/C=C\CC12CCC(C)(CC1)C2. The Kier molecular flexibility index (Phi) is 1.82. The second kappa shape index (κ2) is 2.61. The molecule has 0 aromatic rings. The summed E-state index contributed by atoms with van der Waals surface area (Å²) in [4.78, 5) is 0. The van der Waals surface area contributed by atoms with E-state index in [9.17, 15) is 0 Å². The van der Waals surface area contributed by atoms with Crippen LogP contribution in [0.4, 0.5) is 0 Å². The van der Waals surface area contributed by atoms with E-state index in [-0.39, 0.29) is 0 Å². The van der Waals surface area contributed by atoms with Gasteiger partial charge >= 0.3 is 0 Å². The lowest BCUT2D eigenvalue weighted by Gasteiger charge is -2.25. The zero-order valence-electron chi connectivity index (χ0n) is 8.40. The molecule has 0 aromatic heterocycles. The summed E-state index contributed by atoms with van der Waals surface area (Å²) < 4.78 is 0. The quantitative estimate of drug-likeness (QED) is 0.543. The molecule has 0 aliphatic heterocycles. The summed E-state index contributed by atoms with van der Waals surface area (Å²) >= 11 is 0.